The molecule has 0 aliphatic carbocycles. The average Bonchev–Trinajstić information content (AvgIpc) is 3.07. The molecule has 0 saturated carbocycles. The van der Waals surface area contributed by atoms with Crippen LogP contribution in [0.4, 0.5) is 13.2 Å². The minimum absolute atomic E-state index is 0.431. The number of cyclic esters (lactones) is 1. The molecule has 2 fully saturated rings. The van der Waals surface area contributed by atoms with Crippen molar-refractivity contribution in [3.05, 3.63) is 12.2 Å². The molecule has 0 radical (unpaired) electrons. The third kappa shape index (κ3) is 4.79. The summed E-state index contributed by atoms with van der Waals surface area (Å²) in [6, 6.07) is 0. The highest BCUT2D eigenvalue weighted by Gasteiger charge is 2.57. The van der Waals surface area contributed by atoms with E-state index < -0.39 is 66.6 Å². The van der Waals surface area contributed by atoms with Crippen molar-refractivity contribution < 1.29 is 46.5 Å². The van der Waals surface area contributed by atoms with Gasteiger partial charge in [0.25, 0.3) is 0 Å². The van der Waals surface area contributed by atoms with Crippen LogP contribution in [-0.4, -0.2) is 49.2 Å². The van der Waals surface area contributed by atoms with Gasteiger partial charge in [-0.1, -0.05) is 26.3 Å². The number of carbonyl (C=O) groups excluding carboxylic acids is 3. The van der Waals surface area contributed by atoms with Crippen LogP contribution in [0.25, 0.3) is 0 Å². The Labute approximate surface area is 153 Å². The Hall–Kier alpha value is -2.10. The van der Waals surface area contributed by atoms with Gasteiger partial charge >= 0.3 is 24.1 Å². The Kier molecular flexibility index (Phi) is 6.50. The van der Waals surface area contributed by atoms with Crippen LogP contribution in [0.1, 0.15) is 33.1 Å². The molecule has 10 heteroatoms. The lowest BCUT2D eigenvalue weighted by Gasteiger charge is -2.21. The lowest BCUT2D eigenvalue weighted by molar-refractivity contribution is -0.195. The maximum absolute atomic E-state index is 12.3. The third-order valence-corrected chi connectivity index (χ3v) is 4.54. The molecule has 2 heterocycles. The Balaban J connectivity index is 1.94. The Morgan fingerprint density at radius 1 is 1.30 bits per heavy atom. The molecule has 2 aliphatic heterocycles. The predicted octanol–water partition coefficient (Wildman–Crippen LogP) is 2.28. The van der Waals surface area contributed by atoms with E-state index in [4.69, 9.17) is 14.2 Å². The van der Waals surface area contributed by atoms with E-state index in [1.165, 1.54) is 0 Å². The van der Waals surface area contributed by atoms with Crippen LogP contribution in [0.5, 0.6) is 0 Å². The first kappa shape index (κ1) is 21.2. The largest absolute Gasteiger partial charge is 0.460 e. The minimum atomic E-state index is -4.95. The van der Waals surface area contributed by atoms with Crippen molar-refractivity contribution in [2.45, 2.75) is 57.8 Å². The Morgan fingerprint density at radius 2 is 1.96 bits per heavy atom. The van der Waals surface area contributed by atoms with E-state index >= 15 is 0 Å². The van der Waals surface area contributed by atoms with Crippen molar-refractivity contribution in [2.24, 2.45) is 11.8 Å². The van der Waals surface area contributed by atoms with Crippen molar-refractivity contribution in [3.63, 3.8) is 0 Å². The first-order valence-corrected chi connectivity index (χ1v) is 8.54. The number of hydrogen-bond donors (Lipinski definition) is 0. The summed E-state index contributed by atoms with van der Waals surface area (Å²) in [6.45, 7) is 5.17. The molecular formula is C17H21F3O7. The zero-order valence-corrected chi connectivity index (χ0v) is 14.9. The van der Waals surface area contributed by atoms with Crippen molar-refractivity contribution in [1.82, 2.24) is 0 Å². The fourth-order valence-electron chi connectivity index (χ4n) is 3.16. The fourth-order valence-corrected chi connectivity index (χ4v) is 3.16. The smallest absolute Gasteiger partial charge is 0.422 e. The van der Waals surface area contributed by atoms with Crippen LogP contribution in [0, 0.1) is 11.8 Å². The summed E-state index contributed by atoms with van der Waals surface area (Å²) in [4.78, 5) is 35.1. The second kappa shape index (κ2) is 8.28. The summed E-state index contributed by atoms with van der Waals surface area (Å²) in [7, 11) is 0. The van der Waals surface area contributed by atoms with Crippen LogP contribution < -0.4 is 0 Å². The van der Waals surface area contributed by atoms with Crippen LogP contribution in [0.2, 0.25) is 0 Å². The zero-order chi connectivity index (χ0) is 20.4. The number of rotatable bonds is 7. The van der Waals surface area contributed by atoms with Crippen molar-refractivity contribution in [1.29, 1.82) is 0 Å². The molecule has 0 bridgehead atoms. The summed E-state index contributed by atoms with van der Waals surface area (Å²) in [5.41, 5.74) is -1.72. The number of esters is 3. The van der Waals surface area contributed by atoms with Crippen LogP contribution in [0.3, 0.4) is 0 Å². The Bertz CT molecular complexity index is 616. The molecule has 5 unspecified atom stereocenters. The van der Waals surface area contributed by atoms with Gasteiger partial charge in [0.2, 0.25) is 6.29 Å². The van der Waals surface area contributed by atoms with Gasteiger partial charge in [-0.05, 0) is 13.3 Å². The molecule has 0 aromatic heterocycles. The molecule has 2 rings (SSSR count). The van der Waals surface area contributed by atoms with Gasteiger partial charge in [0.05, 0.1) is 5.92 Å². The number of alkyl halides is 3. The van der Waals surface area contributed by atoms with E-state index in [0.29, 0.717) is 6.42 Å². The third-order valence-electron chi connectivity index (χ3n) is 4.54. The number of carbonyl (C=O) groups is 3. The molecule has 2 saturated heterocycles. The minimum Gasteiger partial charge on any atom is -0.460 e. The highest BCUT2D eigenvalue weighted by Crippen LogP contribution is 2.43. The molecule has 0 aromatic rings. The first-order valence-electron chi connectivity index (χ1n) is 8.54. The molecule has 0 aromatic carbocycles. The number of unbranched alkanes of at least 4 members (excludes halogenated alkanes) is 1. The molecule has 0 N–H and O–H groups in total. The van der Waals surface area contributed by atoms with E-state index in [-0.39, 0.29) is 0 Å². The van der Waals surface area contributed by atoms with E-state index in [1.54, 1.807) is 6.92 Å². The maximum Gasteiger partial charge on any atom is 0.422 e. The van der Waals surface area contributed by atoms with Gasteiger partial charge in [-0.3, -0.25) is 4.79 Å². The van der Waals surface area contributed by atoms with Crippen LogP contribution >= 0.6 is 0 Å². The summed E-state index contributed by atoms with van der Waals surface area (Å²) in [5.74, 6) is -4.27. The summed E-state index contributed by atoms with van der Waals surface area (Å²) in [6.07, 6.45) is -4.92. The molecule has 27 heavy (non-hydrogen) atoms. The second-order valence-corrected chi connectivity index (χ2v) is 6.49. The molecular weight excluding hydrogens is 373 g/mol. The topological polar surface area (TPSA) is 88.1 Å². The predicted molar refractivity (Wildman–Crippen MR) is 83.0 cm³/mol. The summed E-state index contributed by atoms with van der Waals surface area (Å²) < 4.78 is 57.2. The van der Waals surface area contributed by atoms with E-state index in [1.807, 2.05) is 6.92 Å². The summed E-state index contributed by atoms with van der Waals surface area (Å²) in [5, 5.41) is 0. The molecule has 5 atom stereocenters. The fraction of sp³-hybridized carbons (Fsp3) is 0.706. The highest BCUT2D eigenvalue weighted by atomic mass is 19.4. The Morgan fingerprint density at radius 3 is 2.56 bits per heavy atom. The standard InChI is InChI=1S/C17H21F3O7/c1-4-5-6-10-12-13(9(3)25-15(12)23)27-16(10)26-11(21)7-24-14(22)8(2)17(18,19)20/h9-10,12-13,16H,2,4-7H2,1,3H3. The monoisotopic (exact) mass is 394 g/mol. The number of halogens is 3. The normalized spacial score (nSPS) is 29.8. The highest BCUT2D eigenvalue weighted by molar-refractivity contribution is 5.90. The molecule has 0 spiro atoms. The van der Waals surface area contributed by atoms with Gasteiger partial charge in [0.1, 0.15) is 17.8 Å². The van der Waals surface area contributed by atoms with Gasteiger partial charge in [-0.15, -0.1) is 0 Å². The number of hydrogen-bond acceptors (Lipinski definition) is 7. The van der Waals surface area contributed by atoms with Crippen molar-refractivity contribution in [2.75, 3.05) is 6.61 Å². The summed E-state index contributed by atoms with van der Waals surface area (Å²) >= 11 is 0. The van der Waals surface area contributed by atoms with Crippen molar-refractivity contribution >= 4 is 17.9 Å². The maximum atomic E-state index is 12.3. The van der Waals surface area contributed by atoms with Gasteiger partial charge in [0.15, 0.2) is 6.61 Å². The van der Waals surface area contributed by atoms with Crippen LogP contribution in [0.15, 0.2) is 12.2 Å². The second-order valence-electron chi connectivity index (χ2n) is 6.49. The number of ether oxygens (including phenoxy) is 4. The molecule has 2 aliphatic rings. The SMILES string of the molecule is C=C(C(=O)OCC(=O)OC1OC2C(C)OC(=O)C2C1CCCC)C(F)(F)F. The molecule has 0 amide bonds. The molecule has 7 nitrogen and oxygen atoms in total. The van der Waals surface area contributed by atoms with E-state index in [2.05, 4.69) is 11.3 Å². The van der Waals surface area contributed by atoms with Gasteiger partial charge in [-0.25, -0.2) is 9.59 Å². The first-order chi connectivity index (χ1) is 12.6. The van der Waals surface area contributed by atoms with Crippen LogP contribution in [-0.2, 0) is 33.3 Å². The van der Waals surface area contributed by atoms with E-state index in [9.17, 15) is 27.6 Å². The lowest BCUT2D eigenvalue weighted by atomic mass is 9.86. The lowest BCUT2D eigenvalue weighted by Crippen LogP contribution is -2.31. The van der Waals surface area contributed by atoms with E-state index in [0.717, 1.165) is 12.8 Å². The van der Waals surface area contributed by atoms with Crippen molar-refractivity contribution in [3.8, 4) is 0 Å². The molecule has 152 valence electrons. The van der Waals surface area contributed by atoms with Gasteiger partial charge in [-0.2, -0.15) is 13.2 Å². The van der Waals surface area contributed by atoms with Gasteiger partial charge < -0.3 is 18.9 Å². The zero-order valence-electron chi connectivity index (χ0n) is 14.9. The van der Waals surface area contributed by atoms with Gasteiger partial charge in [0, 0.05) is 5.92 Å². The quantitative estimate of drug-likeness (QED) is 0.372. The average molecular weight is 394 g/mol. The number of fused-ring (bicyclic) bond motifs is 1.